The van der Waals surface area contributed by atoms with E-state index in [2.05, 4.69) is 27.2 Å². The Morgan fingerprint density at radius 2 is 2.03 bits per heavy atom. The van der Waals surface area contributed by atoms with Crippen molar-refractivity contribution in [3.63, 3.8) is 0 Å². The van der Waals surface area contributed by atoms with Gasteiger partial charge in [-0.1, -0.05) is 17.9 Å². The first-order valence-electron chi connectivity index (χ1n) is 10.8. The lowest BCUT2D eigenvalue weighted by molar-refractivity contribution is -0.119. The van der Waals surface area contributed by atoms with Gasteiger partial charge in [0.15, 0.2) is 5.82 Å². The molecule has 1 saturated heterocycles. The van der Waals surface area contributed by atoms with Crippen LogP contribution in [-0.2, 0) is 15.1 Å². The number of aromatic nitrogens is 4. The number of nitrogens with zero attached hydrogens (tertiary/aromatic N) is 5. The van der Waals surface area contributed by atoms with Gasteiger partial charge in [-0.15, -0.1) is 5.10 Å². The van der Waals surface area contributed by atoms with Crippen LogP contribution in [0, 0.1) is 0 Å². The third-order valence-electron chi connectivity index (χ3n) is 6.03. The molecule has 0 bridgehead atoms. The van der Waals surface area contributed by atoms with Crippen LogP contribution in [0.3, 0.4) is 0 Å². The van der Waals surface area contributed by atoms with Crippen molar-refractivity contribution in [1.29, 1.82) is 0 Å². The molecule has 10 heteroatoms. The van der Waals surface area contributed by atoms with Crippen LogP contribution in [0.1, 0.15) is 32.0 Å². The number of aliphatic hydroxyl groups is 1. The summed E-state index contributed by atoms with van der Waals surface area (Å²) in [6.45, 7) is 9.16. The van der Waals surface area contributed by atoms with Crippen molar-refractivity contribution in [3.05, 3.63) is 60.6 Å². The van der Waals surface area contributed by atoms with E-state index in [1.54, 1.807) is 31.1 Å². The van der Waals surface area contributed by atoms with E-state index in [-0.39, 0.29) is 18.5 Å². The molecule has 0 unspecified atom stereocenters. The van der Waals surface area contributed by atoms with Gasteiger partial charge < -0.3 is 15.2 Å². The lowest BCUT2D eigenvalue weighted by Gasteiger charge is -2.17. The molecule has 10 nitrogen and oxygen atoms in total. The molecule has 34 heavy (non-hydrogen) atoms. The summed E-state index contributed by atoms with van der Waals surface area (Å²) in [6.07, 6.45) is 2.43. The van der Waals surface area contributed by atoms with Gasteiger partial charge in [0.25, 0.3) is 0 Å². The first-order valence-corrected chi connectivity index (χ1v) is 10.8. The molecule has 2 aliphatic rings. The summed E-state index contributed by atoms with van der Waals surface area (Å²) in [5, 5.41) is 20.9. The molecule has 1 aromatic carbocycles. The van der Waals surface area contributed by atoms with Gasteiger partial charge >= 0.3 is 6.09 Å². The lowest BCUT2D eigenvalue weighted by Crippen LogP contribution is -2.39. The van der Waals surface area contributed by atoms with E-state index in [1.807, 2.05) is 30.3 Å². The largest absolute Gasteiger partial charge is 0.441 e. The number of hydrogen-bond acceptors (Lipinski definition) is 7. The van der Waals surface area contributed by atoms with Crippen LogP contribution in [-0.4, -0.2) is 55.8 Å². The van der Waals surface area contributed by atoms with Crippen LogP contribution >= 0.6 is 0 Å². The average Bonchev–Trinajstić information content (AvgIpc) is 3.48. The fourth-order valence-corrected chi connectivity index (χ4v) is 4.25. The summed E-state index contributed by atoms with van der Waals surface area (Å²) in [5.74, 6) is 0.387. The van der Waals surface area contributed by atoms with Gasteiger partial charge in [-0.2, -0.15) is 0 Å². The van der Waals surface area contributed by atoms with Gasteiger partial charge in [0.1, 0.15) is 23.4 Å². The van der Waals surface area contributed by atoms with Gasteiger partial charge in [0.2, 0.25) is 5.91 Å². The second kappa shape index (κ2) is 7.77. The van der Waals surface area contributed by atoms with E-state index in [0.717, 1.165) is 28.0 Å². The maximum atomic E-state index is 12.5. The van der Waals surface area contributed by atoms with Gasteiger partial charge in [-0.05, 0) is 49.2 Å². The van der Waals surface area contributed by atoms with Gasteiger partial charge in [0, 0.05) is 24.2 Å². The standard InChI is InChI=1S/C24H24N6O4/c1-13-17-9-15(5-7-18(17)30-22(13)19(34-23(30)32)11-25-14(2)31)16-6-8-21(26-10-16)29-12-20(27-28-29)24(3,4)33/h5-10,12,19,22,33H,1,11H2,2-4H3,(H,25,31)/t19-,22-/m0/s1. The highest BCUT2D eigenvalue weighted by Gasteiger charge is 2.49. The number of carbonyl (C=O) groups is 2. The SMILES string of the molecule is C=C1c2cc(-c3ccc(-n4cc(C(C)(C)O)nn4)nc3)ccc2N2C(=O)O[C@@H](CNC(C)=O)[C@H]12. The molecule has 5 rings (SSSR count). The molecular weight excluding hydrogens is 436 g/mol. The Bertz CT molecular complexity index is 1310. The topological polar surface area (TPSA) is 122 Å². The number of pyridine rings is 1. The maximum absolute atomic E-state index is 12.5. The third kappa shape index (κ3) is 3.61. The zero-order valence-corrected chi connectivity index (χ0v) is 19.0. The Morgan fingerprint density at radius 3 is 2.68 bits per heavy atom. The van der Waals surface area contributed by atoms with Crippen LogP contribution in [0.2, 0.25) is 0 Å². The zero-order valence-electron chi connectivity index (χ0n) is 19.0. The summed E-state index contributed by atoms with van der Waals surface area (Å²) in [5.41, 5.74) is 3.53. The van der Waals surface area contributed by atoms with Crippen LogP contribution in [0.4, 0.5) is 10.5 Å². The number of amides is 2. The van der Waals surface area contributed by atoms with E-state index in [9.17, 15) is 14.7 Å². The second-order valence-corrected chi connectivity index (χ2v) is 8.94. The molecule has 0 aliphatic carbocycles. The van der Waals surface area contributed by atoms with Gasteiger partial charge in [-0.3, -0.25) is 9.69 Å². The number of nitrogens with one attached hydrogen (secondary N) is 1. The highest BCUT2D eigenvalue weighted by molar-refractivity contribution is 6.04. The monoisotopic (exact) mass is 460 g/mol. The number of anilines is 1. The first-order chi connectivity index (χ1) is 16.1. The zero-order chi connectivity index (χ0) is 24.2. The molecule has 4 heterocycles. The molecule has 0 radical (unpaired) electrons. The fraction of sp³-hybridized carbons (Fsp3) is 0.292. The molecule has 1 fully saturated rings. The predicted octanol–water partition coefficient (Wildman–Crippen LogP) is 2.41. The van der Waals surface area contributed by atoms with Crippen LogP contribution in [0.5, 0.6) is 0 Å². The van der Waals surface area contributed by atoms with Crippen LogP contribution in [0.25, 0.3) is 22.5 Å². The molecule has 2 aliphatic heterocycles. The summed E-state index contributed by atoms with van der Waals surface area (Å²) in [4.78, 5) is 29.9. The second-order valence-electron chi connectivity index (χ2n) is 8.94. The van der Waals surface area contributed by atoms with E-state index >= 15 is 0 Å². The quantitative estimate of drug-likeness (QED) is 0.599. The Balaban J connectivity index is 1.40. The molecular formula is C24H24N6O4. The number of benzene rings is 1. The minimum Gasteiger partial charge on any atom is -0.441 e. The number of carbonyl (C=O) groups excluding carboxylic acids is 2. The molecule has 2 amide bonds. The Morgan fingerprint density at radius 1 is 1.26 bits per heavy atom. The first kappa shape index (κ1) is 21.8. The third-order valence-corrected chi connectivity index (χ3v) is 6.03. The van der Waals surface area contributed by atoms with Crippen molar-refractivity contribution in [1.82, 2.24) is 25.3 Å². The Kier molecular flexibility index (Phi) is 4.98. The lowest BCUT2D eigenvalue weighted by atomic mass is 9.97. The Labute approximate surface area is 195 Å². The van der Waals surface area contributed by atoms with Crippen molar-refractivity contribution < 1.29 is 19.4 Å². The minimum absolute atomic E-state index is 0.184. The molecule has 3 aromatic rings. The molecule has 2 atom stereocenters. The normalized spacial score (nSPS) is 19.1. The van der Waals surface area contributed by atoms with Crippen molar-refractivity contribution in [2.75, 3.05) is 11.4 Å². The number of hydrogen-bond donors (Lipinski definition) is 2. The fourth-order valence-electron chi connectivity index (χ4n) is 4.25. The van der Waals surface area contributed by atoms with E-state index in [1.165, 1.54) is 11.6 Å². The number of rotatable bonds is 5. The number of cyclic esters (lactones) is 1. The summed E-state index contributed by atoms with van der Waals surface area (Å²) < 4.78 is 6.98. The minimum atomic E-state index is -1.09. The summed E-state index contributed by atoms with van der Waals surface area (Å²) >= 11 is 0. The summed E-state index contributed by atoms with van der Waals surface area (Å²) in [6, 6.07) is 9.15. The molecule has 0 saturated carbocycles. The molecule has 2 aromatic heterocycles. The average molecular weight is 460 g/mol. The highest BCUT2D eigenvalue weighted by Crippen LogP contribution is 2.46. The van der Waals surface area contributed by atoms with Crippen LogP contribution in [0.15, 0.2) is 49.3 Å². The molecule has 2 N–H and O–H groups in total. The molecule has 174 valence electrons. The Hall–Kier alpha value is -4.05. The van der Waals surface area contributed by atoms with Crippen molar-refractivity contribution in [2.45, 2.75) is 38.5 Å². The van der Waals surface area contributed by atoms with E-state index < -0.39 is 17.8 Å². The maximum Gasteiger partial charge on any atom is 0.415 e. The number of ether oxygens (including phenoxy) is 1. The molecule has 0 spiro atoms. The number of fused-ring (bicyclic) bond motifs is 3. The van der Waals surface area contributed by atoms with Crippen molar-refractivity contribution in [3.8, 4) is 16.9 Å². The van der Waals surface area contributed by atoms with Gasteiger partial charge in [0.05, 0.1) is 18.4 Å². The van der Waals surface area contributed by atoms with Crippen molar-refractivity contribution >= 4 is 23.3 Å². The van der Waals surface area contributed by atoms with Crippen molar-refractivity contribution in [2.24, 2.45) is 0 Å². The van der Waals surface area contributed by atoms with E-state index in [4.69, 9.17) is 4.74 Å². The predicted molar refractivity (Wildman–Crippen MR) is 124 cm³/mol. The highest BCUT2D eigenvalue weighted by atomic mass is 16.6. The van der Waals surface area contributed by atoms with E-state index in [0.29, 0.717) is 11.5 Å². The smallest absolute Gasteiger partial charge is 0.415 e. The van der Waals surface area contributed by atoms with Gasteiger partial charge in [-0.25, -0.2) is 14.5 Å². The van der Waals surface area contributed by atoms with Crippen LogP contribution < -0.4 is 10.2 Å². The summed E-state index contributed by atoms with van der Waals surface area (Å²) in [7, 11) is 0.